The van der Waals surface area contributed by atoms with Crippen LogP contribution in [0.25, 0.3) is 0 Å². The van der Waals surface area contributed by atoms with Gasteiger partial charge in [-0.25, -0.2) is 4.79 Å². The van der Waals surface area contributed by atoms with Gasteiger partial charge in [0.2, 0.25) is 0 Å². The first-order chi connectivity index (χ1) is 13.8. The molecule has 2 heterocycles. The Morgan fingerprint density at radius 2 is 1.71 bits per heavy atom. The Hall–Kier alpha value is -1.63. The second-order valence-corrected chi connectivity index (χ2v) is 8.37. The molecule has 28 heavy (non-hydrogen) atoms. The summed E-state index contributed by atoms with van der Waals surface area (Å²) < 4.78 is 11.7. The van der Waals surface area contributed by atoms with Gasteiger partial charge in [0.1, 0.15) is 6.61 Å². The summed E-state index contributed by atoms with van der Waals surface area (Å²) in [6.07, 6.45) is 5.46. The van der Waals surface area contributed by atoms with Gasteiger partial charge in [-0.15, -0.1) is 0 Å². The Labute approximate surface area is 168 Å². The van der Waals surface area contributed by atoms with Crippen molar-refractivity contribution in [3.05, 3.63) is 35.9 Å². The van der Waals surface area contributed by atoms with Crippen molar-refractivity contribution in [2.75, 3.05) is 45.8 Å². The summed E-state index contributed by atoms with van der Waals surface area (Å²) in [6.45, 7) is 7.08. The van der Waals surface area contributed by atoms with Crippen molar-refractivity contribution < 1.29 is 14.3 Å². The zero-order chi connectivity index (χ0) is 19.2. The van der Waals surface area contributed by atoms with Gasteiger partial charge in [0.25, 0.3) is 0 Å². The van der Waals surface area contributed by atoms with Crippen LogP contribution in [0.3, 0.4) is 0 Å². The standard InChI is InChI=1S/C22H33N3O3/c26-22(27-17-18-4-2-1-3-5-18)25-12-10-24(11-13-25)16-19-14-21(15-19)28-20-6-8-23-9-7-20/h1-5,19-21,23H,6-17H2. The lowest BCUT2D eigenvalue weighted by Gasteiger charge is -2.42. The molecule has 1 saturated carbocycles. The van der Waals surface area contributed by atoms with Gasteiger partial charge in [0, 0.05) is 32.7 Å². The molecule has 6 heteroatoms. The topological polar surface area (TPSA) is 54.0 Å². The Bertz CT molecular complexity index is 607. The average molecular weight is 388 g/mol. The van der Waals surface area contributed by atoms with Gasteiger partial charge in [-0.05, 0) is 50.3 Å². The first-order valence-corrected chi connectivity index (χ1v) is 10.8. The van der Waals surface area contributed by atoms with Crippen molar-refractivity contribution in [2.45, 2.75) is 44.5 Å². The van der Waals surface area contributed by atoms with E-state index in [0.717, 1.165) is 70.1 Å². The number of piperidine rings is 1. The Morgan fingerprint density at radius 1 is 1.00 bits per heavy atom. The number of nitrogens with one attached hydrogen (secondary N) is 1. The van der Waals surface area contributed by atoms with Crippen LogP contribution < -0.4 is 5.32 Å². The van der Waals surface area contributed by atoms with E-state index in [1.54, 1.807) is 0 Å². The second kappa shape index (κ2) is 9.72. The molecule has 4 rings (SSSR count). The Balaban J connectivity index is 1.09. The minimum Gasteiger partial charge on any atom is -0.445 e. The lowest BCUT2D eigenvalue weighted by molar-refractivity contribution is -0.0901. The molecule has 0 radical (unpaired) electrons. The van der Waals surface area contributed by atoms with Gasteiger partial charge < -0.3 is 19.7 Å². The largest absolute Gasteiger partial charge is 0.445 e. The molecule has 0 bridgehead atoms. The number of ether oxygens (including phenoxy) is 2. The smallest absolute Gasteiger partial charge is 0.410 e. The predicted molar refractivity (Wildman–Crippen MR) is 108 cm³/mol. The highest BCUT2D eigenvalue weighted by molar-refractivity contribution is 5.67. The summed E-state index contributed by atoms with van der Waals surface area (Å²) in [5, 5.41) is 3.39. The van der Waals surface area contributed by atoms with E-state index in [-0.39, 0.29) is 6.09 Å². The second-order valence-electron chi connectivity index (χ2n) is 8.37. The fourth-order valence-corrected chi connectivity index (χ4v) is 4.43. The molecule has 6 nitrogen and oxygen atoms in total. The molecule has 1 aromatic carbocycles. The van der Waals surface area contributed by atoms with E-state index >= 15 is 0 Å². The molecule has 1 aliphatic carbocycles. The van der Waals surface area contributed by atoms with Crippen molar-refractivity contribution in [1.29, 1.82) is 0 Å². The fourth-order valence-electron chi connectivity index (χ4n) is 4.43. The highest BCUT2D eigenvalue weighted by atomic mass is 16.6. The zero-order valence-electron chi connectivity index (χ0n) is 16.7. The molecule has 0 unspecified atom stereocenters. The maximum atomic E-state index is 12.3. The third kappa shape index (κ3) is 5.46. The lowest BCUT2D eigenvalue weighted by Crippen LogP contribution is -2.51. The summed E-state index contributed by atoms with van der Waals surface area (Å²) in [4.78, 5) is 16.6. The van der Waals surface area contributed by atoms with E-state index < -0.39 is 0 Å². The van der Waals surface area contributed by atoms with Gasteiger partial charge in [-0.3, -0.25) is 4.90 Å². The Kier molecular flexibility index (Phi) is 6.83. The molecular formula is C22H33N3O3. The molecule has 2 aliphatic heterocycles. The normalized spacial score (nSPS) is 26.6. The van der Waals surface area contributed by atoms with Crippen molar-refractivity contribution in [3.63, 3.8) is 0 Å². The van der Waals surface area contributed by atoms with Gasteiger partial charge in [0.05, 0.1) is 12.2 Å². The quantitative estimate of drug-likeness (QED) is 0.813. The van der Waals surface area contributed by atoms with Crippen LogP contribution in [-0.2, 0) is 16.1 Å². The zero-order valence-corrected chi connectivity index (χ0v) is 16.7. The van der Waals surface area contributed by atoms with E-state index in [1.807, 2.05) is 35.2 Å². The first kappa shape index (κ1) is 19.7. The number of hydrogen-bond acceptors (Lipinski definition) is 5. The van der Waals surface area contributed by atoms with Crippen molar-refractivity contribution in [3.8, 4) is 0 Å². The van der Waals surface area contributed by atoms with Crippen LogP contribution in [-0.4, -0.2) is 73.9 Å². The van der Waals surface area contributed by atoms with E-state index in [1.165, 1.54) is 12.8 Å². The lowest BCUT2D eigenvalue weighted by atomic mass is 9.81. The van der Waals surface area contributed by atoms with Crippen LogP contribution in [0.2, 0.25) is 0 Å². The molecule has 0 aromatic heterocycles. The highest BCUT2D eigenvalue weighted by Crippen LogP contribution is 2.33. The number of amides is 1. The molecule has 1 amide bonds. The van der Waals surface area contributed by atoms with Crippen LogP contribution in [0, 0.1) is 5.92 Å². The van der Waals surface area contributed by atoms with Crippen molar-refractivity contribution in [1.82, 2.24) is 15.1 Å². The highest BCUT2D eigenvalue weighted by Gasteiger charge is 2.34. The van der Waals surface area contributed by atoms with E-state index in [4.69, 9.17) is 9.47 Å². The number of carbonyl (C=O) groups is 1. The third-order valence-electron chi connectivity index (χ3n) is 6.22. The predicted octanol–water partition coefficient (Wildman–Crippen LogP) is 2.49. The van der Waals surface area contributed by atoms with Crippen molar-refractivity contribution in [2.24, 2.45) is 5.92 Å². The minimum absolute atomic E-state index is 0.192. The maximum absolute atomic E-state index is 12.3. The van der Waals surface area contributed by atoms with Gasteiger partial charge in [-0.1, -0.05) is 30.3 Å². The van der Waals surface area contributed by atoms with Crippen LogP contribution in [0.5, 0.6) is 0 Å². The summed E-state index contributed by atoms with van der Waals surface area (Å²) in [5.74, 6) is 0.753. The first-order valence-electron chi connectivity index (χ1n) is 10.8. The number of piperazine rings is 1. The van der Waals surface area contributed by atoms with Gasteiger partial charge in [0.15, 0.2) is 0 Å². The SMILES string of the molecule is O=C(OCc1ccccc1)N1CCN(CC2CC(OC3CCNCC3)C2)CC1. The van der Waals surface area contributed by atoms with Crippen LogP contribution in [0.1, 0.15) is 31.2 Å². The average Bonchev–Trinajstić information content (AvgIpc) is 2.72. The molecule has 3 aliphatic rings. The number of carbonyl (C=O) groups excluding carboxylic acids is 1. The molecule has 0 atom stereocenters. The summed E-state index contributed by atoms with van der Waals surface area (Å²) in [6, 6.07) is 9.85. The van der Waals surface area contributed by atoms with Crippen LogP contribution >= 0.6 is 0 Å². The molecule has 154 valence electrons. The molecular weight excluding hydrogens is 354 g/mol. The molecule has 2 saturated heterocycles. The number of nitrogens with zero attached hydrogens (tertiary/aromatic N) is 2. The van der Waals surface area contributed by atoms with E-state index in [0.29, 0.717) is 18.8 Å². The summed E-state index contributed by atoms with van der Waals surface area (Å²) in [7, 11) is 0. The van der Waals surface area contributed by atoms with Crippen molar-refractivity contribution >= 4 is 6.09 Å². The third-order valence-corrected chi connectivity index (χ3v) is 6.22. The number of benzene rings is 1. The molecule has 1 aromatic rings. The molecule has 1 N–H and O–H groups in total. The Morgan fingerprint density at radius 3 is 2.43 bits per heavy atom. The van der Waals surface area contributed by atoms with Gasteiger partial charge in [-0.2, -0.15) is 0 Å². The summed E-state index contributed by atoms with van der Waals surface area (Å²) >= 11 is 0. The fraction of sp³-hybridized carbons (Fsp3) is 0.682. The maximum Gasteiger partial charge on any atom is 0.410 e. The molecule has 0 spiro atoms. The molecule has 3 fully saturated rings. The monoisotopic (exact) mass is 387 g/mol. The van der Waals surface area contributed by atoms with E-state index in [9.17, 15) is 4.79 Å². The van der Waals surface area contributed by atoms with E-state index in [2.05, 4.69) is 10.2 Å². The number of hydrogen-bond donors (Lipinski definition) is 1. The summed E-state index contributed by atoms with van der Waals surface area (Å²) in [5.41, 5.74) is 1.03. The van der Waals surface area contributed by atoms with Crippen LogP contribution in [0.15, 0.2) is 30.3 Å². The number of rotatable bonds is 6. The van der Waals surface area contributed by atoms with Gasteiger partial charge >= 0.3 is 6.09 Å². The van der Waals surface area contributed by atoms with Crippen LogP contribution in [0.4, 0.5) is 4.79 Å². The minimum atomic E-state index is -0.192.